The van der Waals surface area contributed by atoms with E-state index in [1.807, 2.05) is 0 Å². The molecule has 0 aromatic carbocycles. The van der Waals surface area contributed by atoms with Crippen LogP contribution in [-0.4, -0.2) is 24.5 Å². The standard InChI is InChI=1S/C19H31NO3/c21-18(20-17-6-4-2-1-3-5-7-17)13-23-19(22)12-16-11-14-8-9-15(16)10-14/h14-17H,1-13H2,(H,20,21)/t14-,15-,16-/m0/s1. The summed E-state index contributed by atoms with van der Waals surface area (Å²) in [7, 11) is 0. The van der Waals surface area contributed by atoms with E-state index in [4.69, 9.17) is 4.74 Å². The van der Waals surface area contributed by atoms with Crippen LogP contribution in [0.4, 0.5) is 0 Å². The Balaban J connectivity index is 1.32. The smallest absolute Gasteiger partial charge is 0.306 e. The highest BCUT2D eigenvalue weighted by molar-refractivity contribution is 5.80. The largest absolute Gasteiger partial charge is 0.456 e. The zero-order chi connectivity index (χ0) is 16.1. The van der Waals surface area contributed by atoms with Gasteiger partial charge in [-0.3, -0.25) is 9.59 Å². The lowest BCUT2D eigenvalue weighted by Crippen LogP contribution is -2.38. The van der Waals surface area contributed by atoms with E-state index in [0.29, 0.717) is 12.3 Å². The molecular formula is C19H31NO3. The number of carbonyl (C=O) groups excluding carboxylic acids is 2. The van der Waals surface area contributed by atoms with Crippen LogP contribution in [-0.2, 0) is 14.3 Å². The van der Waals surface area contributed by atoms with Gasteiger partial charge < -0.3 is 10.1 Å². The molecule has 0 aromatic heterocycles. The van der Waals surface area contributed by atoms with Gasteiger partial charge in [-0.2, -0.15) is 0 Å². The minimum atomic E-state index is -0.185. The highest BCUT2D eigenvalue weighted by atomic mass is 16.5. The van der Waals surface area contributed by atoms with Gasteiger partial charge in [-0.15, -0.1) is 0 Å². The Bertz CT molecular complexity index is 415. The maximum Gasteiger partial charge on any atom is 0.306 e. The number of hydrogen-bond acceptors (Lipinski definition) is 3. The summed E-state index contributed by atoms with van der Waals surface area (Å²) in [6.45, 7) is -0.101. The molecule has 23 heavy (non-hydrogen) atoms. The van der Waals surface area contributed by atoms with Gasteiger partial charge in [-0.05, 0) is 49.9 Å². The van der Waals surface area contributed by atoms with Crippen molar-refractivity contribution in [2.24, 2.45) is 17.8 Å². The SMILES string of the molecule is O=C(COC(=O)C[C@@H]1C[C@H]2CC[C@H]1C2)NC1CCCCCCC1. The summed E-state index contributed by atoms with van der Waals surface area (Å²) >= 11 is 0. The molecular weight excluding hydrogens is 290 g/mol. The van der Waals surface area contributed by atoms with E-state index < -0.39 is 0 Å². The Hall–Kier alpha value is -1.06. The van der Waals surface area contributed by atoms with Gasteiger partial charge >= 0.3 is 5.97 Å². The second kappa shape index (κ2) is 8.16. The van der Waals surface area contributed by atoms with Gasteiger partial charge in [-0.25, -0.2) is 0 Å². The fraction of sp³-hybridized carbons (Fsp3) is 0.895. The summed E-state index contributed by atoms with van der Waals surface area (Å²) < 4.78 is 5.22. The van der Waals surface area contributed by atoms with Crippen molar-refractivity contribution in [2.75, 3.05) is 6.61 Å². The van der Waals surface area contributed by atoms with Gasteiger partial charge in [0.15, 0.2) is 6.61 Å². The molecule has 0 aliphatic heterocycles. The van der Waals surface area contributed by atoms with E-state index in [1.54, 1.807) is 0 Å². The first kappa shape index (κ1) is 16.8. The molecule has 3 fully saturated rings. The molecule has 4 heteroatoms. The maximum atomic E-state index is 12.0. The van der Waals surface area contributed by atoms with Crippen LogP contribution >= 0.6 is 0 Å². The third-order valence-electron chi connectivity index (χ3n) is 6.15. The first-order valence-electron chi connectivity index (χ1n) is 9.65. The van der Waals surface area contributed by atoms with Crippen molar-refractivity contribution >= 4 is 11.9 Å². The maximum absolute atomic E-state index is 12.0. The van der Waals surface area contributed by atoms with Crippen molar-refractivity contribution in [1.82, 2.24) is 5.32 Å². The number of amides is 1. The predicted octanol–water partition coefficient (Wildman–Crippen LogP) is 3.59. The monoisotopic (exact) mass is 321 g/mol. The molecule has 1 N–H and O–H groups in total. The molecule has 0 radical (unpaired) electrons. The molecule has 2 bridgehead atoms. The topological polar surface area (TPSA) is 55.4 Å². The summed E-state index contributed by atoms with van der Waals surface area (Å²) in [6.07, 6.45) is 14.0. The highest BCUT2D eigenvalue weighted by Gasteiger charge is 2.40. The van der Waals surface area contributed by atoms with Gasteiger partial charge in [0.2, 0.25) is 0 Å². The summed E-state index contributed by atoms with van der Waals surface area (Å²) in [5.41, 5.74) is 0. The van der Waals surface area contributed by atoms with E-state index in [1.165, 1.54) is 57.8 Å². The van der Waals surface area contributed by atoms with Crippen LogP contribution in [0.25, 0.3) is 0 Å². The molecule has 0 saturated heterocycles. The van der Waals surface area contributed by atoms with Gasteiger partial charge in [0, 0.05) is 12.5 Å². The Kier molecular flexibility index (Phi) is 5.96. The van der Waals surface area contributed by atoms with Crippen LogP contribution in [0.5, 0.6) is 0 Å². The molecule has 130 valence electrons. The average molecular weight is 321 g/mol. The van der Waals surface area contributed by atoms with Crippen molar-refractivity contribution in [2.45, 2.75) is 83.1 Å². The van der Waals surface area contributed by atoms with Crippen molar-refractivity contribution < 1.29 is 14.3 Å². The quantitative estimate of drug-likeness (QED) is 0.787. The lowest BCUT2D eigenvalue weighted by molar-refractivity contribution is -0.150. The normalized spacial score (nSPS) is 31.4. The molecule has 0 aromatic rings. The van der Waals surface area contributed by atoms with Crippen LogP contribution in [0.15, 0.2) is 0 Å². The van der Waals surface area contributed by atoms with Crippen molar-refractivity contribution in [3.63, 3.8) is 0 Å². The van der Waals surface area contributed by atoms with E-state index in [0.717, 1.165) is 24.7 Å². The van der Waals surface area contributed by atoms with Gasteiger partial charge in [0.05, 0.1) is 0 Å². The Labute approximate surface area is 139 Å². The highest BCUT2D eigenvalue weighted by Crippen LogP contribution is 2.49. The van der Waals surface area contributed by atoms with Crippen LogP contribution in [0, 0.1) is 17.8 Å². The van der Waals surface area contributed by atoms with Crippen LogP contribution in [0.1, 0.15) is 77.0 Å². The fourth-order valence-corrected chi connectivity index (χ4v) is 4.92. The number of carbonyl (C=O) groups is 2. The first-order valence-corrected chi connectivity index (χ1v) is 9.65. The molecule has 1 amide bonds. The number of rotatable bonds is 5. The summed E-state index contributed by atoms with van der Waals surface area (Å²) in [5.74, 6) is 1.78. The van der Waals surface area contributed by atoms with Crippen LogP contribution in [0.3, 0.4) is 0 Å². The number of esters is 1. The molecule has 4 nitrogen and oxygen atoms in total. The van der Waals surface area contributed by atoms with Gasteiger partial charge in [0.1, 0.15) is 0 Å². The predicted molar refractivity (Wildman–Crippen MR) is 88.8 cm³/mol. The number of fused-ring (bicyclic) bond motifs is 2. The number of nitrogens with one attached hydrogen (secondary N) is 1. The van der Waals surface area contributed by atoms with E-state index in [9.17, 15) is 9.59 Å². The van der Waals surface area contributed by atoms with Crippen LogP contribution in [0.2, 0.25) is 0 Å². The number of ether oxygens (including phenoxy) is 1. The fourth-order valence-electron chi connectivity index (χ4n) is 4.92. The van der Waals surface area contributed by atoms with E-state index in [-0.39, 0.29) is 24.5 Å². The van der Waals surface area contributed by atoms with Crippen molar-refractivity contribution in [3.05, 3.63) is 0 Å². The molecule has 3 atom stereocenters. The second-order valence-corrected chi connectivity index (χ2v) is 7.91. The Morgan fingerprint density at radius 1 is 0.913 bits per heavy atom. The molecule has 3 aliphatic rings. The Morgan fingerprint density at radius 2 is 1.65 bits per heavy atom. The third-order valence-corrected chi connectivity index (χ3v) is 6.15. The minimum absolute atomic E-state index is 0.101. The van der Waals surface area contributed by atoms with Crippen LogP contribution < -0.4 is 5.32 Å². The van der Waals surface area contributed by atoms with E-state index >= 15 is 0 Å². The summed E-state index contributed by atoms with van der Waals surface area (Å²) in [6, 6.07) is 0.270. The first-order chi connectivity index (χ1) is 11.2. The van der Waals surface area contributed by atoms with E-state index in [2.05, 4.69) is 5.32 Å². The average Bonchev–Trinajstić information content (AvgIpc) is 3.10. The molecule has 0 unspecified atom stereocenters. The lowest BCUT2D eigenvalue weighted by atomic mass is 9.86. The number of hydrogen-bond donors (Lipinski definition) is 1. The summed E-state index contributed by atoms with van der Waals surface area (Å²) in [4.78, 5) is 24.0. The molecule has 3 aliphatic carbocycles. The molecule has 0 spiro atoms. The van der Waals surface area contributed by atoms with Crippen molar-refractivity contribution in [1.29, 1.82) is 0 Å². The lowest BCUT2D eigenvalue weighted by Gasteiger charge is -2.22. The molecule has 0 heterocycles. The molecule has 3 saturated carbocycles. The van der Waals surface area contributed by atoms with Crippen molar-refractivity contribution in [3.8, 4) is 0 Å². The zero-order valence-corrected chi connectivity index (χ0v) is 14.2. The summed E-state index contributed by atoms with van der Waals surface area (Å²) in [5, 5.41) is 3.05. The molecule has 3 rings (SSSR count). The third kappa shape index (κ3) is 4.95. The Morgan fingerprint density at radius 3 is 2.30 bits per heavy atom. The zero-order valence-electron chi connectivity index (χ0n) is 14.2. The second-order valence-electron chi connectivity index (χ2n) is 7.91. The minimum Gasteiger partial charge on any atom is -0.456 e. The van der Waals surface area contributed by atoms with Gasteiger partial charge in [0.25, 0.3) is 5.91 Å². The van der Waals surface area contributed by atoms with Gasteiger partial charge in [-0.1, -0.05) is 38.5 Å².